The van der Waals surface area contributed by atoms with Gasteiger partial charge in [0.2, 0.25) is 12.7 Å². The van der Waals surface area contributed by atoms with Crippen molar-refractivity contribution in [3.63, 3.8) is 0 Å². The molecular formula is C23H24N2O4. The van der Waals surface area contributed by atoms with Crippen molar-refractivity contribution in [2.75, 3.05) is 17.4 Å². The molecule has 1 heterocycles. The van der Waals surface area contributed by atoms with Crippen LogP contribution in [0.2, 0.25) is 0 Å². The zero-order valence-electron chi connectivity index (χ0n) is 16.1. The van der Waals surface area contributed by atoms with Gasteiger partial charge in [0, 0.05) is 18.2 Å². The molecule has 0 aromatic heterocycles. The van der Waals surface area contributed by atoms with Crippen molar-refractivity contribution in [2.45, 2.75) is 32.1 Å². The van der Waals surface area contributed by atoms with E-state index in [9.17, 15) is 9.59 Å². The molecule has 1 aliphatic heterocycles. The molecule has 3 unspecified atom stereocenters. The Labute approximate surface area is 169 Å². The molecule has 0 saturated heterocycles. The maximum Gasteiger partial charge on any atom is 0.257 e. The van der Waals surface area contributed by atoms with Gasteiger partial charge in [-0.25, -0.2) is 0 Å². The zero-order chi connectivity index (χ0) is 19.8. The van der Waals surface area contributed by atoms with E-state index in [-0.39, 0.29) is 18.6 Å². The summed E-state index contributed by atoms with van der Waals surface area (Å²) in [4.78, 5) is 25.5. The highest BCUT2D eigenvalue weighted by molar-refractivity contribution is 6.10. The van der Waals surface area contributed by atoms with Gasteiger partial charge in [-0.3, -0.25) is 9.59 Å². The molecule has 2 fully saturated rings. The van der Waals surface area contributed by atoms with Crippen LogP contribution in [0.3, 0.4) is 0 Å². The van der Waals surface area contributed by atoms with E-state index in [0.29, 0.717) is 46.7 Å². The van der Waals surface area contributed by atoms with Crippen LogP contribution in [0, 0.1) is 17.8 Å². The molecule has 2 aromatic rings. The molecular weight excluding hydrogens is 368 g/mol. The van der Waals surface area contributed by atoms with Gasteiger partial charge in [-0.1, -0.05) is 18.6 Å². The van der Waals surface area contributed by atoms with Gasteiger partial charge in [0.25, 0.3) is 5.91 Å². The first-order valence-electron chi connectivity index (χ1n) is 10.3. The lowest BCUT2D eigenvalue weighted by Gasteiger charge is -2.21. The molecule has 6 heteroatoms. The highest BCUT2D eigenvalue weighted by atomic mass is 16.7. The van der Waals surface area contributed by atoms with Gasteiger partial charge in [-0.15, -0.1) is 0 Å². The predicted octanol–water partition coefficient (Wildman–Crippen LogP) is 4.43. The summed E-state index contributed by atoms with van der Waals surface area (Å²) in [5, 5.41) is 5.83. The van der Waals surface area contributed by atoms with Crippen molar-refractivity contribution in [2.24, 2.45) is 17.8 Å². The highest BCUT2D eigenvalue weighted by Gasteiger charge is 2.40. The van der Waals surface area contributed by atoms with Gasteiger partial charge in [0.1, 0.15) is 0 Å². The summed E-state index contributed by atoms with van der Waals surface area (Å²) in [7, 11) is 0. The number of rotatable bonds is 5. The smallest absolute Gasteiger partial charge is 0.257 e. The Balaban J connectivity index is 1.26. The van der Waals surface area contributed by atoms with Crippen molar-refractivity contribution in [1.82, 2.24) is 0 Å². The highest BCUT2D eigenvalue weighted by Crippen LogP contribution is 2.49. The van der Waals surface area contributed by atoms with E-state index >= 15 is 0 Å². The first-order valence-corrected chi connectivity index (χ1v) is 10.3. The van der Waals surface area contributed by atoms with E-state index in [1.54, 1.807) is 36.4 Å². The number of nitrogens with one attached hydrogen (secondary N) is 2. The lowest BCUT2D eigenvalue weighted by molar-refractivity contribution is -0.117. The molecule has 2 amide bonds. The van der Waals surface area contributed by atoms with Crippen molar-refractivity contribution in [3.8, 4) is 11.5 Å². The third-order valence-electron chi connectivity index (χ3n) is 6.41. The van der Waals surface area contributed by atoms with Crippen LogP contribution < -0.4 is 20.1 Å². The molecule has 6 nitrogen and oxygen atoms in total. The lowest BCUT2D eigenvalue weighted by Crippen LogP contribution is -2.22. The van der Waals surface area contributed by atoms with Crippen molar-refractivity contribution in [3.05, 3.63) is 48.0 Å². The Morgan fingerprint density at radius 2 is 1.83 bits per heavy atom. The average Bonchev–Trinajstić information content (AvgIpc) is 3.44. The van der Waals surface area contributed by atoms with Crippen LogP contribution in [0.4, 0.5) is 11.4 Å². The van der Waals surface area contributed by atoms with Crippen LogP contribution >= 0.6 is 0 Å². The third-order valence-corrected chi connectivity index (χ3v) is 6.41. The monoisotopic (exact) mass is 392 g/mol. The average molecular weight is 392 g/mol. The van der Waals surface area contributed by atoms with Gasteiger partial charge >= 0.3 is 0 Å². The quantitative estimate of drug-likeness (QED) is 0.789. The second-order valence-corrected chi connectivity index (χ2v) is 8.25. The minimum absolute atomic E-state index is 0.00844. The lowest BCUT2D eigenvalue weighted by atomic mass is 9.86. The second kappa shape index (κ2) is 7.43. The molecule has 2 N–H and O–H groups in total. The van der Waals surface area contributed by atoms with Crippen molar-refractivity contribution < 1.29 is 19.1 Å². The van der Waals surface area contributed by atoms with Gasteiger partial charge < -0.3 is 20.1 Å². The largest absolute Gasteiger partial charge is 0.454 e. The number of carbonyl (C=O) groups excluding carboxylic acids is 2. The Morgan fingerprint density at radius 3 is 2.66 bits per heavy atom. The van der Waals surface area contributed by atoms with Gasteiger partial charge in [-0.05, 0) is 61.3 Å². The molecule has 3 atom stereocenters. The number of fused-ring (bicyclic) bond motifs is 3. The van der Waals surface area contributed by atoms with Crippen LogP contribution in [0.15, 0.2) is 42.5 Å². The molecule has 2 aliphatic carbocycles. The van der Waals surface area contributed by atoms with Crippen LogP contribution in [-0.4, -0.2) is 18.6 Å². The minimum atomic E-state index is -0.278. The van der Waals surface area contributed by atoms with E-state index < -0.39 is 0 Å². The number of benzene rings is 2. The van der Waals surface area contributed by atoms with E-state index in [4.69, 9.17) is 9.47 Å². The topological polar surface area (TPSA) is 76.7 Å². The zero-order valence-corrected chi connectivity index (χ0v) is 16.1. The Hall–Kier alpha value is -3.02. The van der Waals surface area contributed by atoms with Gasteiger partial charge in [0.15, 0.2) is 11.5 Å². The van der Waals surface area contributed by atoms with Crippen LogP contribution in [0.25, 0.3) is 0 Å². The number of ether oxygens (including phenoxy) is 2. The minimum Gasteiger partial charge on any atom is -0.454 e. The molecule has 2 saturated carbocycles. The molecule has 150 valence electrons. The number of carbonyl (C=O) groups is 2. The second-order valence-electron chi connectivity index (χ2n) is 8.25. The summed E-state index contributed by atoms with van der Waals surface area (Å²) >= 11 is 0. The maximum atomic E-state index is 12.8. The third kappa shape index (κ3) is 3.67. The predicted molar refractivity (Wildman–Crippen MR) is 109 cm³/mol. The van der Waals surface area contributed by atoms with E-state index in [1.807, 2.05) is 6.07 Å². The summed E-state index contributed by atoms with van der Waals surface area (Å²) in [6, 6.07) is 12.4. The molecule has 0 spiro atoms. The van der Waals surface area contributed by atoms with Crippen LogP contribution in [0.5, 0.6) is 11.5 Å². The molecule has 3 aliphatic rings. The molecule has 5 rings (SSSR count). The summed E-state index contributed by atoms with van der Waals surface area (Å²) in [6.07, 6.45) is 5.58. The fourth-order valence-electron chi connectivity index (χ4n) is 5.03. The maximum absolute atomic E-state index is 12.8. The normalized spacial score (nSPS) is 23.8. The van der Waals surface area contributed by atoms with E-state index in [1.165, 1.54) is 25.7 Å². The van der Waals surface area contributed by atoms with Gasteiger partial charge in [0.05, 0.1) is 11.3 Å². The van der Waals surface area contributed by atoms with Gasteiger partial charge in [-0.2, -0.15) is 0 Å². The summed E-state index contributed by atoms with van der Waals surface area (Å²) in [6.45, 7) is 0.185. The Bertz CT molecular complexity index is 958. The number of amides is 2. The standard InChI is InChI=1S/C23H24N2O4/c26-22(11-16-10-14-5-6-15(16)9-14)25-19-4-2-1-3-18(19)23(27)24-17-7-8-20-21(12-17)29-13-28-20/h1-4,7-8,12,14-16H,5-6,9-11,13H2,(H,24,27)(H,25,26). The summed E-state index contributed by atoms with van der Waals surface area (Å²) < 4.78 is 10.7. The summed E-state index contributed by atoms with van der Waals surface area (Å²) in [5.41, 5.74) is 1.59. The van der Waals surface area contributed by atoms with Crippen molar-refractivity contribution >= 4 is 23.2 Å². The van der Waals surface area contributed by atoms with Crippen molar-refractivity contribution in [1.29, 1.82) is 0 Å². The molecule has 0 radical (unpaired) electrons. The Kier molecular flexibility index (Phi) is 4.62. The van der Waals surface area contributed by atoms with Crippen LogP contribution in [-0.2, 0) is 4.79 Å². The number of anilines is 2. The first kappa shape index (κ1) is 18.0. The number of para-hydroxylation sites is 1. The Morgan fingerprint density at radius 1 is 0.966 bits per heavy atom. The molecule has 2 aromatic carbocycles. The molecule has 29 heavy (non-hydrogen) atoms. The number of hydrogen-bond acceptors (Lipinski definition) is 4. The number of hydrogen-bond donors (Lipinski definition) is 2. The fourth-order valence-corrected chi connectivity index (χ4v) is 5.03. The van der Waals surface area contributed by atoms with E-state index in [0.717, 1.165) is 5.92 Å². The first-order chi connectivity index (χ1) is 14.2. The summed E-state index contributed by atoms with van der Waals surface area (Å²) in [5.74, 6) is 2.99. The van der Waals surface area contributed by atoms with E-state index in [2.05, 4.69) is 10.6 Å². The SMILES string of the molecule is O=C(CC1CC2CCC1C2)Nc1ccccc1C(=O)Nc1ccc2c(c1)OCO2. The molecule has 2 bridgehead atoms. The fraction of sp³-hybridized carbons (Fsp3) is 0.391. The van der Waals surface area contributed by atoms with Crippen LogP contribution in [0.1, 0.15) is 42.5 Å².